The van der Waals surface area contributed by atoms with E-state index in [1.54, 1.807) is 18.2 Å². The number of fused-ring (bicyclic) bond motifs is 1. The summed E-state index contributed by atoms with van der Waals surface area (Å²) in [7, 11) is 0. The third-order valence-corrected chi connectivity index (χ3v) is 4.43. The van der Waals surface area contributed by atoms with Crippen molar-refractivity contribution in [3.05, 3.63) is 59.8 Å². The van der Waals surface area contributed by atoms with Gasteiger partial charge in [-0.25, -0.2) is 8.78 Å². The van der Waals surface area contributed by atoms with Crippen LogP contribution in [-0.2, 0) is 4.79 Å². The summed E-state index contributed by atoms with van der Waals surface area (Å²) in [5, 5.41) is 5.53. The minimum absolute atomic E-state index is 0.186. The molecule has 0 spiro atoms. The fourth-order valence-electron chi connectivity index (χ4n) is 3.24. The van der Waals surface area contributed by atoms with Gasteiger partial charge < -0.3 is 15.5 Å². The zero-order chi connectivity index (χ0) is 19.4. The predicted octanol–water partition coefficient (Wildman–Crippen LogP) is 5.00. The highest BCUT2D eigenvalue weighted by Gasteiger charge is 2.27. The Labute approximate surface area is 157 Å². The first-order chi connectivity index (χ1) is 13.0. The minimum atomic E-state index is -0.477. The van der Waals surface area contributed by atoms with Crippen LogP contribution in [0, 0.1) is 11.6 Å². The van der Waals surface area contributed by atoms with Crippen molar-refractivity contribution in [3.8, 4) is 0 Å². The first-order valence-electron chi connectivity index (χ1n) is 9.16. The molecular formula is C21H23F2N3O. The number of anilines is 3. The second-order valence-corrected chi connectivity index (χ2v) is 6.47. The lowest BCUT2D eigenvalue weighted by atomic mass is 10.1. The van der Waals surface area contributed by atoms with Crippen LogP contribution >= 0.6 is 0 Å². The molecule has 0 radical (unpaired) electrons. The number of amides is 1. The molecular weight excluding hydrogens is 348 g/mol. The van der Waals surface area contributed by atoms with Gasteiger partial charge in [0.25, 0.3) is 5.91 Å². The Hall–Kier alpha value is -2.89. The zero-order valence-electron chi connectivity index (χ0n) is 15.5. The highest BCUT2D eigenvalue weighted by Crippen LogP contribution is 2.33. The van der Waals surface area contributed by atoms with Crippen LogP contribution < -0.4 is 15.5 Å². The van der Waals surface area contributed by atoms with Crippen LogP contribution in [0.1, 0.15) is 32.3 Å². The fourth-order valence-corrected chi connectivity index (χ4v) is 3.24. The van der Waals surface area contributed by atoms with Crippen LogP contribution in [0.3, 0.4) is 0 Å². The van der Waals surface area contributed by atoms with E-state index in [-0.39, 0.29) is 17.0 Å². The van der Waals surface area contributed by atoms with Gasteiger partial charge in [0.1, 0.15) is 11.6 Å². The molecule has 0 aromatic heterocycles. The van der Waals surface area contributed by atoms with E-state index in [0.29, 0.717) is 17.1 Å². The molecule has 2 aromatic rings. The summed E-state index contributed by atoms with van der Waals surface area (Å²) in [6.45, 7) is 5.70. The quantitative estimate of drug-likeness (QED) is 0.674. The number of hydrogen-bond acceptors (Lipinski definition) is 3. The summed E-state index contributed by atoms with van der Waals surface area (Å²) in [5.74, 6) is -1.20. The third kappa shape index (κ3) is 3.94. The number of rotatable bonds is 7. The van der Waals surface area contributed by atoms with E-state index in [1.807, 2.05) is 4.90 Å². The number of nitrogens with zero attached hydrogens (tertiary/aromatic N) is 1. The van der Waals surface area contributed by atoms with E-state index >= 15 is 0 Å². The van der Waals surface area contributed by atoms with Gasteiger partial charge in [0.2, 0.25) is 0 Å². The Bertz CT molecular complexity index is 874. The normalized spacial score (nSPS) is 14.2. The Balaban J connectivity index is 1.82. The molecule has 3 rings (SSSR count). The van der Waals surface area contributed by atoms with Crippen molar-refractivity contribution in [2.45, 2.75) is 26.7 Å². The first-order valence-corrected chi connectivity index (χ1v) is 9.16. The van der Waals surface area contributed by atoms with Crippen LogP contribution in [-0.4, -0.2) is 19.0 Å². The average molecular weight is 371 g/mol. The van der Waals surface area contributed by atoms with Crippen LogP contribution in [0.25, 0.3) is 5.57 Å². The molecule has 6 heteroatoms. The maximum atomic E-state index is 14.6. The van der Waals surface area contributed by atoms with Gasteiger partial charge in [-0.3, -0.25) is 4.79 Å². The van der Waals surface area contributed by atoms with Crippen LogP contribution in [0.15, 0.2) is 42.6 Å². The summed E-state index contributed by atoms with van der Waals surface area (Å²) < 4.78 is 28.7. The number of carbonyl (C=O) groups is 1. The Morgan fingerprint density at radius 3 is 2.48 bits per heavy atom. The number of halogens is 2. The minimum Gasteiger partial charge on any atom is -0.369 e. The van der Waals surface area contributed by atoms with E-state index in [4.69, 9.17) is 0 Å². The molecule has 0 saturated heterocycles. The molecule has 0 atom stereocenters. The Kier molecular flexibility index (Phi) is 5.74. The summed E-state index contributed by atoms with van der Waals surface area (Å²) in [6.07, 6.45) is 3.28. The lowest BCUT2D eigenvalue weighted by Crippen LogP contribution is -2.25. The van der Waals surface area contributed by atoms with E-state index in [9.17, 15) is 13.6 Å². The van der Waals surface area contributed by atoms with Crippen LogP contribution in [0.5, 0.6) is 0 Å². The van der Waals surface area contributed by atoms with Gasteiger partial charge in [-0.2, -0.15) is 0 Å². The average Bonchev–Trinajstić information content (AvgIpc) is 2.96. The standard InChI is InChI=1S/C21H23F2N3O/c1-3-10-26(11-4-2)19-9-8-14(12-17(19)23)24-13-15-20-16(22)6-5-7-18(20)25-21(15)27/h5-9,12-13,24H,3-4,10-11H2,1-2H3,(H,25,27)/b15-13+. The highest BCUT2D eigenvalue weighted by atomic mass is 19.1. The molecule has 1 aliphatic heterocycles. The van der Waals surface area contributed by atoms with Gasteiger partial charge >= 0.3 is 0 Å². The molecule has 0 fully saturated rings. The van der Waals surface area contributed by atoms with Crippen molar-refractivity contribution in [3.63, 3.8) is 0 Å². The van der Waals surface area contributed by atoms with E-state index in [2.05, 4.69) is 24.5 Å². The van der Waals surface area contributed by atoms with Gasteiger partial charge in [-0.15, -0.1) is 0 Å². The maximum Gasteiger partial charge on any atom is 0.257 e. The zero-order valence-corrected chi connectivity index (χ0v) is 15.5. The lowest BCUT2D eigenvalue weighted by Gasteiger charge is -2.24. The molecule has 0 bridgehead atoms. The number of benzene rings is 2. The topological polar surface area (TPSA) is 44.4 Å². The third-order valence-electron chi connectivity index (χ3n) is 4.43. The van der Waals surface area contributed by atoms with Gasteiger partial charge in [0.15, 0.2) is 0 Å². The molecule has 142 valence electrons. The Morgan fingerprint density at radius 2 is 1.81 bits per heavy atom. The molecule has 2 N–H and O–H groups in total. The number of carbonyl (C=O) groups excluding carboxylic acids is 1. The summed E-state index contributed by atoms with van der Waals surface area (Å²) in [5.41, 5.74) is 1.90. The molecule has 1 amide bonds. The van der Waals surface area contributed by atoms with Crippen LogP contribution in [0.4, 0.5) is 25.8 Å². The maximum absolute atomic E-state index is 14.6. The summed E-state index contributed by atoms with van der Waals surface area (Å²) >= 11 is 0. The fraction of sp³-hybridized carbons (Fsp3) is 0.286. The summed E-state index contributed by atoms with van der Waals surface area (Å²) in [4.78, 5) is 14.1. The summed E-state index contributed by atoms with van der Waals surface area (Å²) in [6, 6.07) is 9.35. The van der Waals surface area contributed by atoms with Crippen molar-refractivity contribution >= 4 is 28.5 Å². The molecule has 27 heavy (non-hydrogen) atoms. The Morgan fingerprint density at radius 1 is 1.07 bits per heavy atom. The first kappa shape index (κ1) is 18.9. The van der Waals surface area contributed by atoms with Crippen molar-refractivity contribution in [2.24, 2.45) is 0 Å². The highest BCUT2D eigenvalue weighted by molar-refractivity contribution is 6.31. The lowest BCUT2D eigenvalue weighted by molar-refractivity contribution is -0.110. The van der Waals surface area contributed by atoms with Crippen molar-refractivity contribution in [1.29, 1.82) is 0 Å². The van der Waals surface area contributed by atoms with E-state index in [0.717, 1.165) is 25.9 Å². The molecule has 1 heterocycles. The van der Waals surface area contributed by atoms with Crippen molar-refractivity contribution < 1.29 is 13.6 Å². The second kappa shape index (κ2) is 8.20. The smallest absolute Gasteiger partial charge is 0.257 e. The molecule has 1 aliphatic rings. The monoisotopic (exact) mass is 371 g/mol. The van der Waals surface area contributed by atoms with E-state index < -0.39 is 11.7 Å². The number of hydrogen-bond donors (Lipinski definition) is 2. The molecule has 0 saturated carbocycles. The molecule has 2 aromatic carbocycles. The second-order valence-electron chi connectivity index (χ2n) is 6.47. The van der Waals surface area contributed by atoms with Crippen molar-refractivity contribution in [1.82, 2.24) is 0 Å². The van der Waals surface area contributed by atoms with Gasteiger partial charge in [0.05, 0.1) is 16.9 Å². The largest absolute Gasteiger partial charge is 0.369 e. The van der Waals surface area contributed by atoms with Gasteiger partial charge in [0, 0.05) is 30.5 Å². The SMILES string of the molecule is CCCN(CCC)c1ccc(N/C=C2/C(=O)Nc3cccc(F)c32)cc1F. The van der Waals surface area contributed by atoms with Gasteiger partial charge in [-0.1, -0.05) is 19.9 Å². The van der Waals surface area contributed by atoms with Crippen molar-refractivity contribution in [2.75, 3.05) is 28.6 Å². The molecule has 0 unspecified atom stereocenters. The number of nitrogens with one attached hydrogen (secondary N) is 2. The molecule has 0 aliphatic carbocycles. The molecule has 4 nitrogen and oxygen atoms in total. The predicted molar refractivity (Wildman–Crippen MR) is 106 cm³/mol. The van der Waals surface area contributed by atoms with Gasteiger partial charge in [-0.05, 0) is 43.2 Å². The van der Waals surface area contributed by atoms with E-state index in [1.165, 1.54) is 24.4 Å². The van der Waals surface area contributed by atoms with Crippen LogP contribution in [0.2, 0.25) is 0 Å².